The fourth-order valence-corrected chi connectivity index (χ4v) is 3.51. The minimum Gasteiger partial charge on any atom is -0.481 e. The number of rotatable bonds is 6. The molecule has 3 heterocycles. The summed E-state index contributed by atoms with van der Waals surface area (Å²) in [4.78, 5) is 46.8. The highest BCUT2D eigenvalue weighted by Crippen LogP contribution is 2.12. The average molecular weight is 466 g/mol. The van der Waals surface area contributed by atoms with Gasteiger partial charge in [0.05, 0.1) is 30.8 Å². The first-order chi connectivity index (χ1) is 15.9. The first-order valence-corrected chi connectivity index (χ1v) is 10.4. The van der Waals surface area contributed by atoms with Gasteiger partial charge in [-0.1, -0.05) is 23.7 Å². The van der Waals surface area contributed by atoms with E-state index >= 15 is 0 Å². The maximum atomic E-state index is 13.1. The number of carbonyl (C=O) groups excluding carboxylic acids is 1. The van der Waals surface area contributed by atoms with E-state index in [0.29, 0.717) is 16.4 Å². The van der Waals surface area contributed by atoms with Crippen molar-refractivity contribution in [2.75, 3.05) is 7.11 Å². The molecule has 0 fully saturated rings. The van der Waals surface area contributed by atoms with Gasteiger partial charge in [0, 0.05) is 30.9 Å². The predicted octanol–water partition coefficient (Wildman–Crippen LogP) is 2.13. The summed E-state index contributed by atoms with van der Waals surface area (Å²) in [7, 11) is 3.07. The van der Waals surface area contributed by atoms with Crippen LogP contribution in [-0.4, -0.2) is 32.1 Å². The van der Waals surface area contributed by atoms with Gasteiger partial charge in [-0.15, -0.1) is 0 Å². The van der Waals surface area contributed by atoms with Gasteiger partial charge in [-0.3, -0.25) is 18.7 Å². The molecule has 0 spiro atoms. The van der Waals surface area contributed by atoms with E-state index < -0.39 is 17.2 Å². The van der Waals surface area contributed by atoms with Gasteiger partial charge >= 0.3 is 5.69 Å². The number of hydrogen-bond donors (Lipinski definition) is 1. The standard InChI is InChI=1S/C23H20ClN5O4/c1-28-19-12-26-18(21(30)27-11-15-7-8-25-20(9-15)33-2)10-17(19)22(31)29(23(28)32)13-14-3-5-16(24)6-4-14/h3-10,12H,11,13H2,1-2H3,(H,27,30). The number of methoxy groups -OCH3 is 1. The number of fused-ring (bicyclic) bond motifs is 1. The number of aromatic nitrogens is 4. The number of carbonyl (C=O) groups is 1. The zero-order valence-corrected chi connectivity index (χ0v) is 18.7. The van der Waals surface area contributed by atoms with Crippen LogP contribution in [0.25, 0.3) is 10.9 Å². The minimum atomic E-state index is -0.502. The molecule has 0 aliphatic rings. The van der Waals surface area contributed by atoms with Crippen LogP contribution in [0.4, 0.5) is 0 Å². The number of amides is 1. The minimum absolute atomic E-state index is 0.0670. The molecule has 0 saturated heterocycles. The smallest absolute Gasteiger partial charge is 0.331 e. The van der Waals surface area contributed by atoms with Crippen LogP contribution in [0.3, 0.4) is 0 Å². The van der Waals surface area contributed by atoms with Crippen molar-refractivity contribution in [2.45, 2.75) is 13.1 Å². The zero-order chi connectivity index (χ0) is 23.5. The van der Waals surface area contributed by atoms with Crippen LogP contribution in [0.15, 0.2) is 64.4 Å². The topological polar surface area (TPSA) is 108 Å². The number of hydrogen-bond acceptors (Lipinski definition) is 6. The normalized spacial score (nSPS) is 10.9. The van der Waals surface area contributed by atoms with Crippen LogP contribution in [0.1, 0.15) is 21.6 Å². The second-order valence-corrected chi connectivity index (χ2v) is 7.77. The molecule has 0 aliphatic heterocycles. The Balaban J connectivity index is 1.65. The third-order valence-electron chi connectivity index (χ3n) is 5.19. The monoisotopic (exact) mass is 465 g/mol. The molecule has 0 aliphatic carbocycles. The molecular formula is C23H20ClN5O4. The zero-order valence-electron chi connectivity index (χ0n) is 17.9. The van der Waals surface area contributed by atoms with Crippen molar-refractivity contribution >= 4 is 28.4 Å². The molecule has 1 aromatic carbocycles. The highest BCUT2D eigenvalue weighted by molar-refractivity contribution is 6.30. The van der Waals surface area contributed by atoms with Crippen LogP contribution in [-0.2, 0) is 20.1 Å². The molecule has 4 aromatic rings. The molecule has 1 amide bonds. The van der Waals surface area contributed by atoms with Gasteiger partial charge in [0.15, 0.2) is 0 Å². The second-order valence-electron chi connectivity index (χ2n) is 7.34. The lowest BCUT2D eigenvalue weighted by atomic mass is 10.2. The van der Waals surface area contributed by atoms with Crippen LogP contribution in [0, 0.1) is 0 Å². The Bertz CT molecular complexity index is 1460. The molecule has 9 nitrogen and oxygen atoms in total. The molecule has 10 heteroatoms. The number of aryl methyl sites for hydroxylation is 1. The van der Waals surface area contributed by atoms with E-state index in [9.17, 15) is 14.4 Å². The highest BCUT2D eigenvalue weighted by atomic mass is 35.5. The molecule has 0 atom stereocenters. The number of benzene rings is 1. The van der Waals surface area contributed by atoms with E-state index in [1.54, 1.807) is 49.6 Å². The predicted molar refractivity (Wildman–Crippen MR) is 124 cm³/mol. The quantitative estimate of drug-likeness (QED) is 0.467. The third kappa shape index (κ3) is 4.63. The Hall–Kier alpha value is -3.98. The molecule has 168 valence electrons. The van der Waals surface area contributed by atoms with Crippen molar-refractivity contribution < 1.29 is 9.53 Å². The Labute approximate surface area is 193 Å². The van der Waals surface area contributed by atoms with Gasteiger partial charge in [-0.05, 0) is 35.4 Å². The molecule has 0 bridgehead atoms. The van der Waals surface area contributed by atoms with E-state index in [2.05, 4.69) is 15.3 Å². The van der Waals surface area contributed by atoms with Crippen molar-refractivity contribution in [2.24, 2.45) is 7.05 Å². The maximum absolute atomic E-state index is 13.1. The Kier molecular flexibility index (Phi) is 6.23. The first kappa shape index (κ1) is 22.2. The van der Waals surface area contributed by atoms with E-state index in [1.807, 2.05) is 0 Å². The molecule has 0 saturated carbocycles. The van der Waals surface area contributed by atoms with Crippen LogP contribution in [0.5, 0.6) is 5.88 Å². The number of halogens is 1. The van der Waals surface area contributed by atoms with Gasteiger partial charge in [0.1, 0.15) is 5.69 Å². The SMILES string of the molecule is COc1cc(CNC(=O)c2cc3c(=O)n(Cc4ccc(Cl)cc4)c(=O)n(C)c3cn2)ccn1. The summed E-state index contributed by atoms with van der Waals surface area (Å²) in [5.41, 5.74) is 0.970. The van der Waals surface area contributed by atoms with Crippen LogP contribution < -0.4 is 21.3 Å². The van der Waals surface area contributed by atoms with E-state index in [0.717, 1.165) is 15.7 Å². The third-order valence-corrected chi connectivity index (χ3v) is 5.44. The highest BCUT2D eigenvalue weighted by Gasteiger charge is 2.15. The summed E-state index contributed by atoms with van der Waals surface area (Å²) in [5.74, 6) is -0.0158. The van der Waals surface area contributed by atoms with Gasteiger partial charge in [0.2, 0.25) is 5.88 Å². The second kappa shape index (κ2) is 9.25. The molecule has 33 heavy (non-hydrogen) atoms. The molecule has 0 unspecified atom stereocenters. The number of nitrogens with zero attached hydrogens (tertiary/aromatic N) is 4. The van der Waals surface area contributed by atoms with Gasteiger partial charge in [0.25, 0.3) is 11.5 Å². The summed E-state index contributed by atoms with van der Waals surface area (Å²) in [6.45, 7) is 0.303. The summed E-state index contributed by atoms with van der Waals surface area (Å²) >= 11 is 5.92. The Morgan fingerprint density at radius 2 is 1.85 bits per heavy atom. The van der Waals surface area contributed by atoms with Crippen molar-refractivity contribution in [3.63, 3.8) is 0 Å². The van der Waals surface area contributed by atoms with Crippen molar-refractivity contribution in [1.29, 1.82) is 0 Å². The van der Waals surface area contributed by atoms with E-state index in [-0.39, 0.29) is 24.2 Å². The summed E-state index contributed by atoms with van der Waals surface area (Å²) in [6.07, 6.45) is 2.94. The summed E-state index contributed by atoms with van der Waals surface area (Å²) < 4.78 is 7.54. The van der Waals surface area contributed by atoms with Crippen molar-refractivity contribution in [1.82, 2.24) is 24.4 Å². The number of pyridine rings is 2. The first-order valence-electron chi connectivity index (χ1n) is 9.98. The van der Waals surface area contributed by atoms with Gasteiger partial charge in [-0.2, -0.15) is 0 Å². The van der Waals surface area contributed by atoms with Crippen molar-refractivity contribution in [3.8, 4) is 5.88 Å². The number of nitrogens with one attached hydrogen (secondary N) is 1. The van der Waals surface area contributed by atoms with Crippen molar-refractivity contribution in [3.05, 3.63) is 97.5 Å². The summed E-state index contributed by atoms with van der Waals surface area (Å²) in [5, 5.41) is 3.54. The molecule has 1 N–H and O–H groups in total. The van der Waals surface area contributed by atoms with E-state index in [1.165, 1.54) is 23.9 Å². The maximum Gasteiger partial charge on any atom is 0.331 e. The fourth-order valence-electron chi connectivity index (χ4n) is 3.38. The Morgan fingerprint density at radius 1 is 1.09 bits per heavy atom. The molecule has 3 aromatic heterocycles. The van der Waals surface area contributed by atoms with Gasteiger partial charge < -0.3 is 10.1 Å². The molecular weight excluding hydrogens is 446 g/mol. The summed E-state index contributed by atoms with van der Waals surface area (Å²) in [6, 6.07) is 11.7. The lowest BCUT2D eigenvalue weighted by Crippen LogP contribution is -2.39. The average Bonchev–Trinajstić information content (AvgIpc) is 2.84. The molecule has 4 rings (SSSR count). The van der Waals surface area contributed by atoms with E-state index in [4.69, 9.17) is 16.3 Å². The lowest BCUT2D eigenvalue weighted by molar-refractivity contribution is 0.0946. The fraction of sp³-hybridized carbons (Fsp3) is 0.174. The lowest BCUT2D eigenvalue weighted by Gasteiger charge is -2.12. The van der Waals surface area contributed by atoms with Gasteiger partial charge in [-0.25, -0.2) is 14.8 Å². The van der Waals surface area contributed by atoms with Crippen LogP contribution >= 0.6 is 11.6 Å². The Morgan fingerprint density at radius 3 is 2.58 bits per heavy atom. The molecule has 0 radical (unpaired) electrons. The van der Waals surface area contributed by atoms with Crippen LogP contribution in [0.2, 0.25) is 5.02 Å². The largest absolute Gasteiger partial charge is 0.481 e. The number of ether oxygens (including phenoxy) is 1.